The van der Waals surface area contributed by atoms with Crippen molar-refractivity contribution in [1.82, 2.24) is 4.57 Å². The predicted molar refractivity (Wildman–Crippen MR) is 85.6 cm³/mol. The van der Waals surface area contributed by atoms with E-state index in [-0.39, 0.29) is 5.91 Å². The molecule has 1 aromatic carbocycles. The van der Waals surface area contributed by atoms with E-state index in [4.69, 9.17) is 0 Å². The average molecular weight is 288 g/mol. The average Bonchev–Trinajstić information content (AvgIpc) is 2.78. The Bertz CT molecular complexity index is 587. The third-order valence-electron chi connectivity index (χ3n) is 3.19. The van der Waals surface area contributed by atoms with Gasteiger partial charge in [0.05, 0.1) is 0 Å². The Morgan fingerprint density at radius 1 is 1.20 bits per heavy atom. The van der Waals surface area contributed by atoms with E-state index in [1.54, 1.807) is 0 Å². The summed E-state index contributed by atoms with van der Waals surface area (Å²) in [6.45, 7) is 4.15. The minimum atomic E-state index is -0.0745. The smallest absolute Gasteiger partial charge is 0.272 e. The highest BCUT2D eigenvalue weighted by molar-refractivity contribution is 7.99. The lowest BCUT2D eigenvalue weighted by Gasteiger charge is -2.08. The van der Waals surface area contributed by atoms with Gasteiger partial charge in [0.25, 0.3) is 5.91 Å². The first-order valence-corrected chi connectivity index (χ1v) is 7.77. The molecular formula is C16H20N2OS. The number of benzene rings is 1. The lowest BCUT2D eigenvalue weighted by molar-refractivity contribution is 0.101. The topological polar surface area (TPSA) is 34.0 Å². The van der Waals surface area contributed by atoms with Crippen molar-refractivity contribution in [2.24, 2.45) is 7.05 Å². The van der Waals surface area contributed by atoms with E-state index in [0.29, 0.717) is 5.69 Å². The summed E-state index contributed by atoms with van der Waals surface area (Å²) < 4.78 is 1.89. The van der Waals surface area contributed by atoms with E-state index in [1.165, 1.54) is 4.90 Å². The molecular weight excluding hydrogens is 268 g/mol. The van der Waals surface area contributed by atoms with Gasteiger partial charge in [-0.25, -0.2) is 0 Å². The normalized spacial score (nSPS) is 10.6. The van der Waals surface area contributed by atoms with E-state index < -0.39 is 0 Å². The summed E-state index contributed by atoms with van der Waals surface area (Å²) in [5.41, 5.74) is 2.57. The van der Waals surface area contributed by atoms with Crippen molar-refractivity contribution in [1.29, 1.82) is 0 Å². The molecule has 0 aliphatic carbocycles. The van der Waals surface area contributed by atoms with Gasteiger partial charge in [0.15, 0.2) is 0 Å². The number of carbonyl (C=O) groups excluding carboxylic acids is 1. The fourth-order valence-electron chi connectivity index (χ4n) is 1.89. The van der Waals surface area contributed by atoms with Crippen molar-refractivity contribution in [2.75, 3.05) is 11.1 Å². The second-order valence-corrected chi connectivity index (χ2v) is 5.91. The summed E-state index contributed by atoms with van der Waals surface area (Å²) >= 11 is 1.83. The zero-order chi connectivity index (χ0) is 14.5. The molecule has 0 unspecified atom stereocenters. The first-order chi connectivity index (χ1) is 9.61. The number of aromatic nitrogens is 1. The van der Waals surface area contributed by atoms with Gasteiger partial charge in [-0.05, 0) is 55.5 Å². The van der Waals surface area contributed by atoms with Crippen molar-refractivity contribution in [3.8, 4) is 0 Å². The molecule has 1 amide bonds. The highest BCUT2D eigenvalue weighted by Crippen LogP contribution is 2.21. The van der Waals surface area contributed by atoms with Gasteiger partial charge in [0, 0.05) is 23.3 Å². The molecule has 0 radical (unpaired) electrons. The van der Waals surface area contributed by atoms with Gasteiger partial charge in [-0.2, -0.15) is 0 Å². The third kappa shape index (κ3) is 3.45. The number of thioether (sulfide) groups is 1. The largest absolute Gasteiger partial charge is 0.344 e. The number of amides is 1. The molecule has 20 heavy (non-hydrogen) atoms. The fourth-order valence-corrected chi connectivity index (χ4v) is 2.66. The molecule has 2 aromatic rings. The van der Waals surface area contributed by atoms with E-state index in [1.807, 2.05) is 66.7 Å². The minimum absolute atomic E-state index is 0.0745. The van der Waals surface area contributed by atoms with Crippen molar-refractivity contribution in [3.05, 3.63) is 47.8 Å². The van der Waals surface area contributed by atoms with Crippen molar-refractivity contribution >= 4 is 23.4 Å². The Morgan fingerprint density at radius 2 is 1.90 bits per heavy atom. The Morgan fingerprint density at radius 3 is 2.45 bits per heavy atom. The lowest BCUT2D eigenvalue weighted by Crippen LogP contribution is -2.15. The van der Waals surface area contributed by atoms with Gasteiger partial charge in [-0.3, -0.25) is 4.79 Å². The van der Waals surface area contributed by atoms with Crippen LogP contribution in [-0.2, 0) is 7.05 Å². The summed E-state index contributed by atoms with van der Waals surface area (Å²) in [5.74, 6) is 1.04. The van der Waals surface area contributed by atoms with Crippen LogP contribution in [0.3, 0.4) is 0 Å². The molecule has 1 heterocycles. The van der Waals surface area contributed by atoms with Crippen LogP contribution < -0.4 is 5.32 Å². The maximum atomic E-state index is 12.2. The molecule has 2 rings (SSSR count). The third-order valence-corrected chi connectivity index (χ3v) is 4.41. The number of nitrogens with one attached hydrogen (secondary N) is 1. The number of aryl methyl sites for hydroxylation is 1. The zero-order valence-corrected chi connectivity index (χ0v) is 13.0. The standard InChI is InChI=1S/C16H20N2OS/c1-4-11-20-14-8-6-13(7-9-14)17-16(19)15-10-5-12(2)18(15)3/h5-10H,4,11H2,1-3H3,(H,17,19). The number of hydrogen-bond donors (Lipinski definition) is 1. The highest BCUT2D eigenvalue weighted by Gasteiger charge is 2.10. The van der Waals surface area contributed by atoms with E-state index in [9.17, 15) is 4.79 Å². The van der Waals surface area contributed by atoms with Crippen LogP contribution in [0.5, 0.6) is 0 Å². The van der Waals surface area contributed by atoms with Crippen LogP contribution in [0.15, 0.2) is 41.3 Å². The second kappa shape index (κ2) is 6.66. The fraction of sp³-hybridized carbons (Fsp3) is 0.312. The molecule has 3 nitrogen and oxygen atoms in total. The number of carbonyl (C=O) groups is 1. The van der Waals surface area contributed by atoms with Gasteiger partial charge in [0.1, 0.15) is 5.69 Å². The summed E-state index contributed by atoms with van der Waals surface area (Å²) in [6.07, 6.45) is 1.16. The first-order valence-electron chi connectivity index (χ1n) is 6.78. The van der Waals surface area contributed by atoms with E-state index in [2.05, 4.69) is 12.2 Å². The maximum Gasteiger partial charge on any atom is 0.272 e. The van der Waals surface area contributed by atoms with Crippen LogP contribution in [0, 0.1) is 6.92 Å². The van der Waals surface area contributed by atoms with E-state index in [0.717, 1.165) is 23.6 Å². The van der Waals surface area contributed by atoms with Crippen molar-refractivity contribution in [2.45, 2.75) is 25.2 Å². The molecule has 0 fully saturated rings. The SMILES string of the molecule is CCCSc1ccc(NC(=O)c2ccc(C)n2C)cc1. The van der Waals surface area contributed by atoms with Gasteiger partial charge in [0.2, 0.25) is 0 Å². The number of anilines is 1. The van der Waals surface area contributed by atoms with Crippen LogP contribution in [0.4, 0.5) is 5.69 Å². The monoisotopic (exact) mass is 288 g/mol. The zero-order valence-electron chi connectivity index (χ0n) is 12.1. The molecule has 1 aromatic heterocycles. The minimum Gasteiger partial charge on any atom is -0.344 e. The molecule has 0 saturated heterocycles. The summed E-state index contributed by atoms with van der Waals surface area (Å²) in [5, 5.41) is 2.93. The van der Waals surface area contributed by atoms with E-state index >= 15 is 0 Å². The molecule has 4 heteroatoms. The van der Waals surface area contributed by atoms with Crippen molar-refractivity contribution in [3.63, 3.8) is 0 Å². The number of nitrogens with zero attached hydrogens (tertiary/aromatic N) is 1. The van der Waals surface area contributed by atoms with Gasteiger partial charge >= 0.3 is 0 Å². The lowest BCUT2D eigenvalue weighted by atomic mass is 10.3. The molecule has 0 saturated carbocycles. The molecule has 106 valence electrons. The molecule has 0 aliphatic heterocycles. The van der Waals surface area contributed by atoms with Gasteiger partial charge in [-0.1, -0.05) is 6.92 Å². The highest BCUT2D eigenvalue weighted by atomic mass is 32.2. The molecule has 0 spiro atoms. The van der Waals surface area contributed by atoms with Crippen LogP contribution in [-0.4, -0.2) is 16.2 Å². The Labute approximate surface area is 124 Å². The maximum absolute atomic E-state index is 12.2. The molecule has 0 bridgehead atoms. The predicted octanol–water partition coefficient (Wildman–Crippen LogP) is 4.09. The Hall–Kier alpha value is -1.68. The summed E-state index contributed by atoms with van der Waals surface area (Å²) in [6, 6.07) is 11.8. The number of hydrogen-bond acceptors (Lipinski definition) is 2. The quantitative estimate of drug-likeness (QED) is 0.841. The summed E-state index contributed by atoms with van der Waals surface area (Å²) in [7, 11) is 1.90. The molecule has 1 N–H and O–H groups in total. The first kappa shape index (κ1) is 14.7. The van der Waals surface area contributed by atoms with Crippen LogP contribution >= 0.6 is 11.8 Å². The van der Waals surface area contributed by atoms with Gasteiger partial charge < -0.3 is 9.88 Å². The van der Waals surface area contributed by atoms with Crippen LogP contribution in [0.1, 0.15) is 29.5 Å². The molecule has 0 aliphatic rings. The summed E-state index contributed by atoms with van der Waals surface area (Å²) in [4.78, 5) is 13.4. The Kier molecular flexibility index (Phi) is 4.90. The second-order valence-electron chi connectivity index (χ2n) is 4.75. The molecule has 0 atom stereocenters. The Balaban J connectivity index is 2.03. The van der Waals surface area contributed by atoms with Crippen LogP contribution in [0.2, 0.25) is 0 Å². The van der Waals surface area contributed by atoms with Gasteiger partial charge in [-0.15, -0.1) is 11.8 Å². The number of rotatable bonds is 5. The van der Waals surface area contributed by atoms with Crippen LogP contribution in [0.25, 0.3) is 0 Å². The van der Waals surface area contributed by atoms with Crippen molar-refractivity contribution < 1.29 is 4.79 Å².